The lowest BCUT2D eigenvalue weighted by atomic mass is 10.1. The number of amides is 2. The van der Waals surface area contributed by atoms with Crippen LogP contribution in [0, 0.1) is 6.92 Å². The van der Waals surface area contributed by atoms with Gasteiger partial charge in [-0.05, 0) is 38.5 Å². The van der Waals surface area contributed by atoms with Crippen LogP contribution in [0.4, 0.5) is 22.0 Å². The Morgan fingerprint density at radius 3 is 3.03 bits per heavy atom. The average Bonchev–Trinajstić information content (AvgIpc) is 3.30. The normalized spacial score (nSPS) is 18.9. The lowest BCUT2D eigenvalue weighted by Crippen LogP contribution is -2.49. The Morgan fingerprint density at radius 2 is 2.17 bits per heavy atom. The molecule has 2 aliphatic heterocycles. The van der Waals surface area contributed by atoms with Gasteiger partial charge in [0.1, 0.15) is 11.6 Å². The van der Waals surface area contributed by atoms with Crippen LogP contribution in [0.25, 0.3) is 5.65 Å². The van der Waals surface area contributed by atoms with Gasteiger partial charge < -0.3 is 15.5 Å². The number of carbonyl (C=O) groups is 1. The van der Waals surface area contributed by atoms with Crippen LogP contribution in [-0.2, 0) is 6.42 Å². The summed E-state index contributed by atoms with van der Waals surface area (Å²) in [6.45, 7) is 7.55. The van der Waals surface area contributed by atoms with Crippen molar-refractivity contribution in [3.8, 4) is 0 Å². The predicted molar refractivity (Wildman–Crippen MR) is 112 cm³/mol. The summed E-state index contributed by atoms with van der Waals surface area (Å²) in [6, 6.07) is 6.01. The van der Waals surface area contributed by atoms with Crippen LogP contribution in [0.5, 0.6) is 0 Å². The number of fused-ring (bicyclic) bond motifs is 2. The molecule has 0 radical (unpaired) electrons. The van der Waals surface area contributed by atoms with E-state index in [2.05, 4.69) is 43.6 Å². The molecule has 1 atom stereocenters. The van der Waals surface area contributed by atoms with E-state index >= 15 is 0 Å². The highest BCUT2D eigenvalue weighted by Gasteiger charge is 2.30. The molecule has 1 saturated heterocycles. The van der Waals surface area contributed by atoms with Crippen LogP contribution in [0.3, 0.4) is 0 Å². The molecule has 1 fully saturated rings. The molecule has 3 aromatic rings. The van der Waals surface area contributed by atoms with Crippen LogP contribution < -0.4 is 20.4 Å². The van der Waals surface area contributed by atoms with E-state index in [1.165, 1.54) is 5.69 Å². The summed E-state index contributed by atoms with van der Waals surface area (Å²) in [5, 5.41) is 10.7. The summed E-state index contributed by atoms with van der Waals surface area (Å²) < 4.78 is 1.67. The first kappa shape index (κ1) is 17.9. The minimum atomic E-state index is -0.182. The van der Waals surface area contributed by atoms with E-state index in [1.807, 2.05) is 19.1 Å². The van der Waals surface area contributed by atoms with Crippen LogP contribution in [-0.4, -0.2) is 57.8 Å². The molecule has 5 rings (SSSR count). The maximum Gasteiger partial charge on any atom is 0.327 e. The molecule has 29 heavy (non-hydrogen) atoms. The standard InChI is InChI=1S/C20H24N8O/c1-13-11-26(10-8-21-13)17-5-7-22-19-16(17)6-9-27(19)20(29)24-15-3-4-18-23-14(2)25-28(18)12-15/h3-5,7,12-13,21H,6,8-11H2,1-2H3,(H,24,29)/t13-/m1/s1. The molecule has 0 unspecified atom stereocenters. The second-order valence-electron chi connectivity index (χ2n) is 7.64. The van der Waals surface area contributed by atoms with E-state index in [-0.39, 0.29) is 6.03 Å². The molecule has 0 bridgehead atoms. The average molecular weight is 392 g/mol. The third-order valence-corrected chi connectivity index (χ3v) is 5.49. The molecule has 0 aliphatic carbocycles. The zero-order valence-electron chi connectivity index (χ0n) is 16.6. The van der Waals surface area contributed by atoms with E-state index in [0.717, 1.165) is 43.1 Å². The number of pyridine rings is 2. The number of rotatable bonds is 2. The number of nitrogens with zero attached hydrogens (tertiary/aromatic N) is 6. The molecule has 2 N–H and O–H groups in total. The van der Waals surface area contributed by atoms with Crippen molar-refractivity contribution in [1.29, 1.82) is 0 Å². The van der Waals surface area contributed by atoms with Gasteiger partial charge in [0.25, 0.3) is 0 Å². The summed E-state index contributed by atoms with van der Waals surface area (Å²) in [5.74, 6) is 1.45. The first-order valence-corrected chi connectivity index (χ1v) is 9.96. The van der Waals surface area contributed by atoms with Crippen LogP contribution in [0.15, 0.2) is 30.6 Å². The molecule has 0 saturated carbocycles. The zero-order valence-corrected chi connectivity index (χ0v) is 16.6. The Bertz CT molecular complexity index is 1080. The molecule has 3 aromatic heterocycles. The van der Waals surface area contributed by atoms with Crippen molar-refractivity contribution in [3.63, 3.8) is 0 Å². The van der Waals surface area contributed by atoms with Gasteiger partial charge in [0.05, 0.1) is 11.9 Å². The summed E-state index contributed by atoms with van der Waals surface area (Å²) in [7, 11) is 0. The molecule has 0 aromatic carbocycles. The topological polar surface area (TPSA) is 90.7 Å². The summed E-state index contributed by atoms with van der Waals surface area (Å²) in [6.07, 6.45) is 4.39. The molecular formula is C20H24N8O. The molecule has 9 heteroatoms. The van der Waals surface area contributed by atoms with E-state index in [9.17, 15) is 4.79 Å². The van der Waals surface area contributed by atoms with Crippen molar-refractivity contribution in [1.82, 2.24) is 24.9 Å². The molecule has 0 spiro atoms. The Hall–Kier alpha value is -3.20. The van der Waals surface area contributed by atoms with Gasteiger partial charge in [-0.3, -0.25) is 4.90 Å². The van der Waals surface area contributed by atoms with Gasteiger partial charge in [-0.2, -0.15) is 5.10 Å². The fraction of sp³-hybridized carbons (Fsp3) is 0.400. The fourth-order valence-corrected chi connectivity index (χ4v) is 4.18. The molecule has 150 valence electrons. The largest absolute Gasteiger partial charge is 0.368 e. The van der Waals surface area contributed by atoms with E-state index in [4.69, 9.17) is 0 Å². The molecule has 2 aliphatic rings. The van der Waals surface area contributed by atoms with Crippen LogP contribution in [0.1, 0.15) is 18.3 Å². The lowest BCUT2D eigenvalue weighted by molar-refractivity contribution is 0.257. The first-order valence-electron chi connectivity index (χ1n) is 9.96. The van der Waals surface area contributed by atoms with Crippen molar-refractivity contribution in [3.05, 3.63) is 42.0 Å². The van der Waals surface area contributed by atoms with Gasteiger partial charge in [0, 0.05) is 49.7 Å². The number of nitrogens with one attached hydrogen (secondary N) is 2. The maximum atomic E-state index is 13.0. The third-order valence-electron chi connectivity index (χ3n) is 5.49. The van der Waals surface area contributed by atoms with E-state index in [1.54, 1.807) is 21.8 Å². The highest BCUT2D eigenvalue weighted by atomic mass is 16.2. The van der Waals surface area contributed by atoms with Gasteiger partial charge in [0.15, 0.2) is 5.65 Å². The Labute approximate surface area is 168 Å². The molecule has 5 heterocycles. The second-order valence-corrected chi connectivity index (χ2v) is 7.64. The number of urea groups is 1. The summed E-state index contributed by atoms with van der Waals surface area (Å²) >= 11 is 0. The number of carbonyl (C=O) groups excluding carboxylic acids is 1. The Balaban J connectivity index is 1.38. The van der Waals surface area contributed by atoms with Crippen LogP contribution >= 0.6 is 0 Å². The highest BCUT2D eigenvalue weighted by Crippen LogP contribution is 2.34. The summed E-state index contributed by atoms with van der Waals surface area (Å²) in [5.41, 5.74) is 3.77. The number of anilines is 3. The third kappa shape index (κ3) is 3.27. The van der Waals surface area contributed by atoms with E-state index < -0.39 is 0 Å². The van der Waals surface area contributed by atoms with Gasteiger partial charge in [0.2, 0.25) is 0 Å². The van der Waals surface area contributed by atoms with E-state index in [0.29, 0.717) is 24.1 Å². The number of hydrogen-bond donors (Lipinski definition) is 2. The van der Waals surface area contributed by atoms with Gasteiger partial charge in [-0.1, -0.05) is 0 Å². The second kappa shape index (κ2) is 7.00. The number of aromatic nitrogens is 4. The Kier molecular flexibility index (Phi) is 4.31. The minimum absolute atomic E-state index is 0.182. The lowest BCUT2D eigenvalue weighted by Gasteiger charge is -2.34. The first-order chi connectivity index (χ1) is 14.1. The molecule has 2 amide bonds. The van der Waals surface area contributed by atoms with Gasteiger partial charge >= 0.3 is 6.03 Å². The fourth-order valence-electron chi connectivity index (χ4n) is 4.18. The maximum absolute atomic E-state index is 13.0. The quantitative estimate of drug-likeness (QED) is 0.691. The Morgan fingerprint density at radius 1 is 1.28 bits per heavy atom. The predicted octanol–water partition coefficient (Wildman–Crippen LogP) is 1.83. The van der Waals surface area contributed by atoms with Gasteiger partial charge in [-0.25, -0.2) is 19.3 Å². The van der Waals surface area contributed by atoms with Crippen molar-refractivity contribution in [2.75, 3.05) is 41.3 Å². The minimum Gasteiger partial charge on any atom is -0.368 e. The number of hydrogen-bond acceptors (Lipinski definition) is 6. The SMILES string of the molecule is Cc1nc2ccc(NC(=O)N3CCc4c(N5CCN[C@H](C)C5)ccnc43)cn2n1. The van der Waals surface area contributed by atoms with Crippen LogP contribution in [0.2, 0.25) is 0 Å². The monoisotopic (exact) mass is 392 g/mol. The molecular weight excluding hydrogens is 368 g/mol. The van der Waals surface area contributed by atoms with Gasteiger partial charge in [-0.15, -0.1) is 0 Å². The van der Waals surface area contributed by atoms with Crippen molar-refractivity contribution < 1.29 is 4.79 Å². The van der Waals surface area contributed by atoms with Crippen molar-refractivity contribution >= 4 is 28.9 Å². The summed E-state index contributed by atoms with van der Waals surface area (Å²) in [4.78, 5) is 25.9. The highest BCUT2D eigenvalue weighted by molar-refractivity contribution is 6.03. The van der Waals surface area contributed by atoms with Crippen molar-refractivity contribution in [2.45, 2.75) is 26.3 Å². The smallest absolute Gasteiger partial charge is 0.327 e. The number of piperazine rings is 1. The molecule has 9 nitrogen and oxygen atoms in total. The number of aryl methyl sites for hydroxylation is 1. The van der Waals surface area contributed by atoms with Crippen molar-refractivity contribution in [2.24, 2.45) is 0 Å². The zero-order chi connectivity index (χ0) is 20.0.